The lowest BCUT2D eigenvalue weighted by Gasteiger charge is -2.20. The largest absolute Gasteiger partial charge is 0.495 e. The van der Waals surface area contributed by atoms with E-state index in [1.807, 2.05) is 38.1 Å². The number of para-hydroxylation sites is 2. The fraction of sp³-hybridized carbons (Fsp3) is 0.179. The molecule has 3 aromatic carbocycles. The first-order valence-electron chi connectivity index (χ1n) is 11.3. The zero-order valence-electron chi connectivity index (χ0n) is 20.3. The Balaban J connectivity index is 1.77. The van der Waals surface area contributed by atoms with E-state index in [4.69, 9.17) is 27.9 Å². The third kappa shape index (κ3) is 5.62. The number of carbonyl (C=O) groups is 2. The Kier molecular flexibility index (Phi) is 8.13. The molecule has 3 aromatic rings. The van der Waals surface area contributed by atoms with E-state index in [2.05, 4.69) is 5.32 Å². The summed E-state index contributed by atoms with van der Waals surface area (Å²) in [5.41, 5.74) is 3.61. The number of aryl methyl sites for hydroxylation is 2. The quantitative estimate of drug-likeness (QED) is 0.272. The van der Waals surface area contributed by atoms with Gasteiger partial charge in [-0.05, 0) is 73.4 Å². The fourth-order valence-corrected chi connectivity index (χ4v) is 5.69. The van der Waals surface area contributed by atoms with Gasteiger partial charge in [0.25, 0.3) is 5.91 Å². The number of hydrogen-bond donors (Lipinski definition) is 1. The molecule has 0 radical (unpaired) electrons. The third-order valence-corrected chi connectivity index (χ3v) is 7.88. The molecular formula is C28H23Cl2N3O3S. The molecule has 2 amide bonds. The van der Waals surface area contributed by atoms with Gasteiger partial charge in [-0.2, -0.15) is 5.26 Å². The highest BCUT2D eigenvalue weighted by Gasteiger charge is 2.41. The average molecular weight is 552 g/mol. The molecule has 188 valence electrons. The van der Waals surface area contributed by atoms with Gasteiger partial charge in [0.15, 0.2) is 0 Å². The Labute approximate surface area is 229 Å². The molecule has 1 unspecified atom stereocenters. The Morgan fingerprint density at radius 2 is 1.86 bits per heavy atom. The SMILES string of the molecule is COc1ccccc1NC(=O)/C(C#N)=C1\SC(Cc2ccc(Cl)cc2Cl)C(=O)N1c1ccc(C)c(C)c1. The van der Waals surface area contributed by atoms with Crippen LogP contribution in [0.3, 0.4) is 0 Å². The van der Waals surface area contributed by atoms with E-state index in [0.717, 1.165) is 16.7 Å². The number of halogens is 2. The first-order valence-corrected chi connectivity index (χ1v) is 13.0. The second-order valence-electron chi connectivity index (χ2n) is 8.43. The molecule has 6 nitrogen and oxygen atoms in total. The van der Waals surface area contributed by atoms with Crippen LogP contribution in [0.5, 0.6) is 5.75 Å². The summed E-state index contributed by atoms with van der Waals surface area (Å²) in [6.07, 6.45) is 0.303. The fourth-order valence-electron chi connectivity index (χ4n) is 3.91. The maximum atomic E-state index is 13.7. The van der Waals surface area contributed by atoms with Crippen molar-refractivity contribution in [3.63, 3.8) is 0 Å². The van der Waals surface area contributed by atoms with Gasteiger partial charge in [-0.1, -0.05) is 59.2 Å². The van der Waals surface area contributed by atoms with E-state index in [1.54, 1.807) is 42.5 Å². The molecule has 0 aliphatic carbocycles. The van der Waals surface area contributed by atoms with Crippen LogP contribution in [0.2, 0.25) is 10.0 Å². The van der Waals surface area contributed by atoms with Gasteiger partial charge in [-0.3, -0.25) is 14.5 Å². The Morgan fingerprint density at radius 1 is 1.11 bits per heavy atom. The smallest absolute Gasteiger partial charge is 0.269 e. The number of amides is 2. The Bertz CT molecular complexity index is 1470. The predicted octanol–water partition coefficient (Wildman–Crippen LogP) is 6.68. The number of ether oxygens (including phenoxy) is 1. The molecule has 4 rings (SSSR count). The summed E-state index contributed by atoms with van der Waals surface area (Å²) in [7, 11) is 1.49. The first kappa shape index (κ1) is 26.6. The second kappa shape index (κ2) is 11.3. The molecule has 1 N–H and O–H groups in total. The first-order chi connectivity index (χ1) is 17.7. The summed E-state index contributed by atoms with van der Waals surface area (Å²) in [6.45, 7) is 3.92. The van der Waals surface area contributed by atoms with Crippen molar-refractivity contribution < 1.29 is 14.3 Å². The minimum atomic E-state index is -0.638. The van der Waals surface area contributed by atoms with E-state index >= 15 is 0 Å². The van der Waals surface area contributed by atoms with Crippen molar-refractivity contribution in [2.75, 3.05) is 17.3 Å². The van der Waals surface area contributed by atoms with Gasteiger partial charge in [0.05, 0.1) is 18.0 Å². The van der Waals surface area contributed by atoms with Crippen LogP contribution >= 0.6 is 35.0 Å². The van der Waals surface area contributed by atoms with Crippen molar-refractivity contribution in [1.82, 2.24) is 0 Å². The van der Waals surface area contributed by atoms with Gasteiger partial charge in [-0.15, -0.1) is 0 Å². The minimum Gasteiger partial charge on any atom is -0.495 e. The Morgan fingerprint density at radius 3 is 2.54 bits per heavy atom. The molecule has 37 heavy (non-hydrogen) atoms. The number of anilines is 2. The molecular weight excluding hydrogens is 529 g/mol. The van der Waals surface area contributed by atoms with E-state index in [9.17, 15) is 14.9 Å². The van der Waals surface area contributed by atoms with Crippen molar-refractivity contribution in [1.29, 1.82) is 5.26 Å². The Hall–Kier alpha value is -3.44. The summed E-state index contributed by atoms with van der Waals surface area (Å²) in [6, 6.07) is 19.6. The molecule has 1 saturated heterocycles. The van der Waals surface area contributed by atoms with E-state index in [1.165, 1.54) is 23.8 Å². The van der Waals surface area contributed by atoms with Crippen LogP contribution in [0.25, 0.3) is 0 Å². The molecule has 1 aliphatic rings. The van der Waals surface area contributed by atoms with Crippen molar-refractivity contribution >= 4 is 58.2 Å². The van der Waals surface area contributed by atoms with Crippen LogP contribution in [0.15, 0.2) is 71.3 Å². The normalized spacial score (nSPS) is 16.4. The molecule has 1 aliphatic heterocycles. The molecule has 0 aromatic heterocycles. The van der Waals surface area contributed by atoms with Crippen LogP contribution in [0.1, 0.15) is 16.7 Å². The van der Waals surface area contributed by atoms with Gasteiger partial charge in [0.2, 0.25) is 5.91 Å². The predicted molar refractivity (Wildman–Crippen MR) is 149 cm³/mol. The number of thioether (sulfide) groups is 1. The molecule has 9 heteroatoms. The van der Waals surface area contributed by atoms with Crippen LogP contribution < -0.4 is 15.0 Å². The van der Waals surface area contributed by atoms with Gasteiger partial charge in [0, 0.05) is 15.7 Å². The van der Waals surface area contributed by atoms with E-state index < -0.39 is 11.2 Å². The zero-order valence-corrected chi connectivity index (χ0v) is 22.7. The van der Waals surface area contributed by atoms with Crippen LogP contribution in [-0.2, 0) is 16.0 Å². The maximum Gasteiger partial charge on any atom is 0.269 e. The van der Waals surface area contributed by atoms with E-state index in [-0.39, 0.29) is 16.5 Å². The second-order valence-corrected chi connectivity index (χ2v) is 10.5. The summed E-state index contributed by atoms with van der Waals surface area (Å²) < 4.78 is 5.31. The average Bonchev–Trinajstić information content (AvgIpc) is 3.18. The van der Waals surface area contributed by atoms with Gasteiger partial charge in [-0.25, -0.2) is 0 Å². The van der Waals surface area contributed by atoms with Crippen LogP contribution in [0.4, 0.5) is 11.4 Å². The summed E-state index contributed by atoms with van der Waals surface area (Å²) >= 11 is 13.6. The molecule has 1 heterocycles. The standard InChI is InChI=1S/C28H23Cl2N3O3S/c1-16-8-11-20(12-17(16)2)33-27(35)25(13-18-9-10-19(29)14-22(18)30)37-28(33)21(15-31)26(34)32-23-6-4-5-7-24(23)36-3/h4-12,14,25H,13H2,1-3H3,(H,32,34)/b28-21-. The highest BCUT2D eigenvalue weighted by molar-refractivity contribution is 8.05. The highest BCUT2D eigenvalue weighted by Crippen LogP contribution is 2.43. The number of hydrogen-bond acceptors (Lipinski definition) is 5. The van der Waals surface area contributed by atoms with Crippen LogP contribution in [-0.4, -0.2) is 24.2 Å². The molecule has 0 saturated carbocycles. The summed E-state index contributed by atoms with van der Waals surface area (Å²) in [4.78, 5) is 28.5. The third-order valence-electron chi connectivity index (χ3n) is 6.03. The number of nitrogens with zero attached hydrogens (tertiary/aromatic N) is 2. The lowest BCUT2D eigenvalue weighted by atomic mass is 10.1. The molecule has 0 bridgehead atoms. The lowest BCUT2D eigenvalue weighted by molar-refractivity contribution is -0.117. The minimum absolute atomic E-state index is 0.174. The summed E-state index contributed by atoms with van der Waals surface area (Å²) in [5, 5.41) is 13.4. The number of rotatable bonds is 6. The number of methoxy groups -OCH3 is 1. The maximum absolute atomic E-state index is 13.7. The number of nitrogens with one attached hydrogen (secondary N) is 1. The van der Waals surface area contributed by atoms with Gasteiger partial charge >= 0.3 is 0 Å². The van der Waals surface area contributed by atoms with Crippen LogP contribution in [0, 0.1) is 25.2 Å². The zero-order chi connectivity index (χ0) is 26.7. The van der Waals surface area contributed by atoms with Crippen molar-refractivity contribution in [3.05, 3.63) is 98.0 Å². The van der Waals surface area contributed by atoms with Crippen molar-refractivity contribution in [2.45, 2.75) is 25.5 Å². The summed E-state index contributed by atoms with van der Waals surface area (Å²) in [5.74, 6) is -0.428. The molecule has 0 spiro atoms. The lowest BCUT2D eigenvalue weighted by Crippen LogP contribution is -2.31. The highest BCUT2D eigenvalue weighted by atomic mass is 35.5. The monoisotopic (exact) mass is 551 g/mol. The van der Waals surface area contributed by atoms with Crippen molar-refractivity contribution in [2.24, 2.45) is 0 Å². The van der Waals surface area contributed by atoms with Gasteiger partial charge in [0.1, 0.15) is 22.4 Å². The number of nitriles is 1. The molecule has 1 fully saturated rings. The van der Waals surface area contributed by atoms with E-state index in [0.29, 0.717) is 33.6 Å². The number of carbonyl (C=O) groups excluding carboxylic acids is 2. The topological polar surface area (TPSA) is 82.4 Å². The van der Waals surface area contributed by atoms with Crippen molar-refractivity contribution in [3.8, 4) is 11.8 Å². The number of benzene rings is 3. The van der Waals surface area contributed by atoms with Gasteiger partial charge < -0.3 is 10.1 Å². The molecule has 1 atom stereocenters.